The molecule has 0 saturated carbocycles. The highest BCUT2D eigenvalue weighted by Gasteiger charge is 2.11. The highest BCUT2D eigenvalue weighted by atomic mass is 79.9. The van der Waals surface area contributed by atoms with Gasteiger partial charge in [0.15, 0.2) is 0 Å². The summed E-state index contributed by atoms with van der Waals surface area (Å²) in [5.41, 5.74) is 4.35. The van der Waals surface area contributed by atoms with Gasteiger partial charge in [0.1, 0.15) is 0 Å². The number of thiophene rings is 1. The van der Waals surface area contributed by atoms with Crippen molar-refractivity contribution in [1.82, 2.24) is 0 Å². The third-order valence-corrected chi connectivity index (χ3v) is 7.29. The number of hydrogen-bond acceptors (Lipinski definition) is 1. The van der Waals surface area contributed by atoms with Crippen molar-refractivity contribution in [1.29, 1.82) is 0 Å². The highest BCUT2D eigenvalue weighted by Crippen LogP contribution is 2.40. The first-order chi connectivity index (χ1) is 13.6. The molecule has 0 amide bonds. The van der Waals surface area contributed by atoms with E-state index in [2.05, 4.69) is 76.6 Å². The molecule has 0 aliphatic rings. The quantitative estimate of drug-likeness (QED) is 0.234. The molecule has 0 atom stereocenters. The third-order valence-electron chi connectivity index (χ3n) is 4.90. The molecule has 4 heteroatoms. The standard InChI is InChI=1S/C24H13BrCl2S/c25-21-9-5-14(11-19(21)17-8-7-16(26)13-22(17)27)15-6-10-24-20(12-15)18-3-1-2-4-23(18)28-24/h1-13H. The van der Waals surface area contributed by atoms with Gasteiger partial charge in [-0.3, -0.25) is 0 Å². The smallest absolute Gasteiger partial charge is 0.0499 e. The molecule has 0 aliphatic heterocycles. The molecule has 28 heavy (non-hydrogen) atoms. The van der Waals surface area contributed by atoms with Gasteiger partial charge in [0.2, 0.25) is 0 Å². The lowest BCUT2D eigenvalue weighted by Crippen LogP contribution is -1.85. The Hall–Kier alpha value is -1.84. The third kappa shape index (κ3) is 3.15. The zero-order chi connectivity index (χ0) is 19.3. The Morgan fingerprint density at radius 3 is 2.25 bits per heavy atom. The molecule has 0 spiro atoms. The van der Waals surface area contributed by atoms with Gasteiger partial charge in [0, 0.05) is 40.3 Å². The van der Waals surface area contributed by atoms with Crippen LogP contribution in [0.15, 0.2) is 83.3 Å². The predicted molar refractivity (Wildman–Crippen MR) is 128 cm³/mol. The predicted octanol–water partition coefficient (Wildman–Crippen LogP) is 9.46. The van der Waals surface area contributed by atoms with Crippen molar-refractivity contribution in [3.05, 3.63) is 93.4 Å². The number of rotatable bonds is 2. The molecule has 0 aliphatic carbocycles. The van der Waals surface area contributed by atoms with Crippen LogP contribution in [0, 0.1) is 0 Å². The first-order valence-electron chi connectivity index (χ1n) is 8.77. The van der Waals surface area contributed by atoms with Gasteiger partial charge in [-0.2, -0.15) is 0 Å². The summed E-state index contributed by atoms with van der Waals surface area (Å²) >= 11 is 18.0. The number of fused-ring (bicyclic) bond motifs is 3. The molecule has 0 unspecified atom stereocenters. The number of benzene rings is 4. The van der Waals surface area contributed by atoms with Crippen molar-refractivity contribution < 1.29 is 0 Å². The van der Waals surface area contributed by atoms with Gasteiger partial charge in [-0.1, -0.05) is 75.5 Å². The van der Waals surface area contributed by atoms with Gasteiger partial charge >= 0.3 is 0 Å². The summed E-state index contributed by atoms with van der Waals surface area (Å²) in [5.74, 6) is 0. The first-order valence-corrected chi connectivity index (χ1v) is 11.1. The second-order valence-electron chi connectivity index (χ2n) is 6.63. The minimum atomic E-state index is 0.635. The van der Waals surface area contributed by atoms with E-state index < -0.39 is 0 Å². The monoisotopic (exact) mass is 482 g/mol. The van der Waals surface area contributed by atoms with Crippen LogP contribution in [-0.2, 0) is 0 Å². The molecule has 0 N–H and O–H groups in total. The largest absolute Gasteiger partial charge is 0.135 e. The molecule has 0 radical (unpaired) electrons. The van der Waals surface area contributed by atoms with Crippen LogP contribution in [-0.4, -0.2) is 0 Å². The van der Waals surface area contributed by atoms with Crippen LogP contribution in [0.2, 0.25) is 10.0 Å². The molecule has 5 rings (SSSR count). The lowest BCUT2D eigenvalue weighted by Gasteiger charge is -2.11. The molecule has 0 fully saturated rings. The SMILES string of the molecule is Clc1ccc(-c2cc(-c3ccc4sc5ccccc5c4c3)ccc2Br)c(Cl)c1. The lowest BCUT2D eigenvalue weighted by molar-refractivity contribution is 1.57. The maximum Gasteiger partial charge on any atom is 0.0499 e. The van der Waals surface area contributed by atoms with Crippen molar-refractivity contribution >= 4 is 70.6 Å². The maximum atomic E-state index is 6.46. The molecule has 0 nitrogen and oxygen atoms in total. The zero-order valence-electron chi connectivity index (χ0n) is 14.5. The molecule has 136 valence electrons. The van der Waals surface area contributed by atoms with Gasteiger partial charge < -0.3 is 0 Å². The summed E-state index contributed by atoms with van der Waals surface area (Å²) < 4.78 is 3.63. The Labute approximate surface area is 185 Å². The Bertz CT molecular complexity index is 1350. The number of hydrogen-bond donors (Lipinski definition) is 0. The maximum absolute atomic E-state index is 6.46. The average Bonchev–Trinajstić information content (AvgIpc) is 3.07. The summed E-state index contributed by atoms with van der Waals surface area (Å²) in [4.78, 5) is 0. The van der Waals surface area contributed by atoms with E-state index >= 15 is 0 Å². The minimum absolute atomic E-state index is 0.635. The molecule has 1 heterocycles. The first kappa shape index (κ1) is 18.2. The van der Waals surface area contributed by atoms with E-state index in [-0.39, 0.29) is 0 Å². The fourth-order valence-electron chi connectivity index (χ4n) is 3.52. The van der Waals surface area contributed by atoms with Gasteiger partial charge in [0.25, 0.3) is 0 Å². The van der Waals surface area contributed by atoms with Crippen molar-refractivity contribution in [2.45, 2.75) is 0 Å². The van der Waals surface area contributed by atoms with E-state index in [0.717, 1.165) is 21.2 Å². The van der Waals surface area contributed by atoms with E-state index in [1.165, 1.54) is 25.7 Å². The van der Waals surface area contributed by atoms with Crippen molar-refractivity contribution in [3.8, 4) is 22.3 Å². The fraction of sp³-hybridized carbons (Fsp3) is 0. The Morgan fingerprint density at radius 1 is 0.643 bits per heavy atom. The van der Waals surface area contributed by atoms with Crippen LogP contribution < -0.4 is 0 Å². The Morgan fingerprint density at radius 2 is 1.39 bits per heavy atom. The van der Waals surface area contributed by atoms with Crippen molar-refractivity contribution in [3.63, 3.8) is 0 Å². The second kappa shape index (κ2) is 7.20. The average molecular weight is 484 g/mol. The van der Waals surface area contributed by atoms with Crippen LogP contribution in [0.25, 0.3) is 42.4 Å². The Kier molecular flexibility index (Phi) is 4.68. The summed E-state index contributed by atoms with van der Waals surface area (Å²) in [7, 11) is 0. The minimum Gasteiger partial charge on any atom is -0.135 e. The summed E-state index contributed by atoms with van der Waals surface area (Å²) in [6.07, 6.45) is 0. The van der Waals surface area contributed by atoms with E-state index in [0.29, 0.717) is 10.0 Å². The summed E-state index contributed by atoms with van der Waals surface area (Å²) in [6.45, 7) is 0. The topological polar surface area (TPSA) is 0 Å². The molecule has 4 aromatic carbocycles. The molecular formula is C24H13BrCl2S. The van der Waals surface area contributed by atoms with Crippen molar-refractivity contribution in [2.24, 2.45) is 0 Å². The van der Waals surface area contributed by atoms with Crippen LogP contribution in [0.4, 0.5) is 0 Å². The van der Waals surface area contributed by atoms with Crippen LogP contribution in [0.3, 0.4) is 0 Å². The van der Waals surface area contributed by atoms with E-state index in [4.69, 9.17) is 23.2 Å². The van der Waals surface area contributed by atoms with Crippen LogP contribution in [0.1, 0.15) is 0 Å². The fourth-order valence-corrected chi connectivity index (χ4v) is 5.58. The molecular weight excluding hydrogens is 471 g/mol. The van der Waals surface area contributed by atoms with Gasteiger partial charge in [-0.05, 0) is 59.2 Å². The van der Waals surface area contributed by atoms with Crippen LogP contribution >= 0.6 is 50.5 Å². The van der Waals surface area contributed by atoms with Gasteiger partial charge in [-0.25, -0.2) is 0 Å². The molecule has 1 aromatic heterocycles. The van der Waals surface area contributed by atoms with Gasteiger partial charge in [0.05, 0.1) is 0 Å². The van der Waals surface area contributed by atoms with Crippen molar-refractivity contribution in [2.75, 3.05) is 0 Å². The molecule has 0 bridgehead atoms. The second-order valence-corrected chi connectivity index (χ2v) is 9.41. The molecule has 5 aromatic rings. The Balaban J connectivity index is 1.68. The number of halogens is 3. The highest BCUT2D eigenvalue weighted by molar-refractivity contribution is 9.10. The molecule has 0 saturated heterocycles. The zero-order valence-corrected chi connectivity index (χ0v) is 18.5. The van der Waals surface area contributed by atoms with E-state index in [1.54, 1.807) is 6.07 Å². The van der Waals surface area contributed by atoms with Gasteiger partial charge in [-0.15, -0.1) is 11.3 Å². The summed E-state index contributed by atoms with van der Waals surface area (Å²) in [5, 5.41) is 3.88. The van der Waals surface area contributed by atoms with Crippen LogP contribution in [0.5, 0.6) is 0 Å². The van der Waals surface area contributed by atoms with E-state index in [9.17, 15) is 0 Å². The normalized spacial score (nSPS) is 11.4. The lowest BCUT2D eigenvalue weighted by atomic mass is 9.98. The van der Waals surface area contributed by atoms with E-state index in [1.807, 2.05) is 23.5 Å². The summed E-state index contributed by atoms with van der Waals surface area (Å²) in [6, 6.07) is 27.2.